The summed E-state index contributed by atoms with van der Waals surface area (Å²) in [6, 6.07) is 55.2. The average Bonchev–Trinajstić information content (AvgIpc) is 2.99. The molecule has 0 bridgehead atoms. The molecule has 38 heavy (non-hydrogen) atoms. The Hall–Kier alpha value is -4.82. The van der Waals surface area contributed by atoms with Crippen LogP contribution in [0, 0.1) is 0 Å². The zero-order valence-electron chi connectivity index (χ0n) is 21.0. The molecule has 0 aliphatic carbocycles. The Balaban J connectivity index is 1.38. The van der Waals surface area contributed by atoms with E-state index in [-0.39, 0.29) is 0 Å². The van der Waals surface area contributed by atoms with Crippen LogP contribution in [0.1, 0.15) is 0 Å². The molecule has 0 atom stereocenters. The summed E-state index contributed by atoms with van der Waals surface area (Å²) in [5.74, 6) is 0. The van der Waals surface area contributed by atoms with Crippen molar-refractivity contribution in [1.29, 1.82) is 0 Å². The minimum Gasteiger partial charge on any atom is -0.311 e. The third kappa shape index (κ3) is 5.03. The van der Waals surface area contributed by atoms with Crippen molar-refractivity contribution in [3.8, 4) is 33.4 Å². The molecule has 6 aromatic rings. The van der Waals surface area contributed by atoms with Gasteiger partial charge in [0.2, 0.25) is 0 Å². The molecule has 0 N–H and O–H groups in total. The molecule has 1 nitrogen and oxygen atoms in total. The Kier molecular flexibility index (Phi) is 6.61. The van der Waals surface area contributed by atoms with E-state index in [1.165, 1.54) is 22.3 Å². The topological polar surface area (TPSA) is 3.24 Å². The van der Waals surface area contributed by atoms with E-state index in [1.54, 1.807) is 0 Å². The molecule has 6 rings (SSSR count). The molecule has 0 unspecified atom stereocenters. The first-order valence-electron chi connectivity index (χ1n) is 12.8. The molecular formula is C36H26BN. The van der Waals surface area contributed by atoms with Crippen molar-refractivity contribution >= 4 is 30.4 Å². The van der Waals surface area contributed by atoms with Gasteiger partial charge in [0, 0.05) is 17.1 Å². The predicted molar refractivity (Wildman–Crippen MR) is 163 cm³/mol. The summed E-state index contributed by atoms with van der Waals surface area (Å²) >= 11 is 0. The van der Waals surface area contributed by atoms with Crippen molar-refractivity contribution < 1.29 is 0 Å². The monoisotopic (exact) mass is 483 g/mol. The molecule has 0 saturated heterocycles. The summed E-state index contributed by atoms with van der Waals surface area (Å²) in [7, 11) is 6.03. The second-order valence-electron chi connectivity index (χ2n) is 9.33. The van der Waals surface area contributed by atoms with Crippen molar-refractivity contribution in [2.75, 3.05) is 4.90 Å². The largest absolute Gasteiger partial charge is 0.311 e. The molecule has 0 saturated carbocycles. The van der Waals surface area contributed by atoms with Crippen LogP contribution in [0.25, 0.3) is 33.4 Å². The van der Waals surface area contributed by atoms with Gasteiger partial charge < -0.3 is 4.90 Å². The first kappa shape index (κ1) is 23.6. The van der Waals surface area contributed by atoms with Gasteiger partial charge in [-0.3, -0.25) is 0 Å². The third-order valence-electron chi connectivity index (χ3n) is 6.81. The third-order valence-corrected chi connectivity index (χ3v) is 6.81. The summed E-state index contributed by atoms with van der Waals surface area (Å²) in [6.07, 6.45) is 0. The number of nitrogens with zero attached hydrogens (tertiary/aromatic N) is 1. The number of hydrogen-bond acceptors (Lipinski definition) is 1. The molecule has 6 aromatic carbocycles. The molecule has 0 aliphatic heterocycles. The Morgan fingerprint density at radius 2 is 0.658 bits per heavy atom. The van der Waals surface area contributed by atoms with E-state index < -0.39 is 0 Å². The highest BCUT2D eigenvalue weighted by Crippen LogP contribution is 2.37. The fraction of sp³-hybridized carbons (Fsp3) is 0. The lowest BCUT2D eigenvalue weighted by Crippen LogP contribution is -2.09. The molecule has 2 radical (unpaired) electrons. The fourth-order valence-electron chi connectivity index (χ4n) is 4.84. The summed E-state index contributed by atoms with van der Waals surface area (Å²) in [6.45, 7) is 0. The van der Waals surface area contributed by atoms with Gasteiger partial charge in [-0.05, 0) is 69.8 Å². The van der Waals surface area contributed by atoms with Crippen molar-refractivity contribution in [3.63, 3.8) is 0 Å². The van der Waals surface area contributed by atoms with Crippen molar-refractivity contribution in [2.24, 2.45) is 0 Å². The van der Waals surface area contributed by atoms with Gasteiger partial charge in [0.15, 0.2) is 0 Å². The Bertz CT molecular complexity index is 1540. The maximum atomic E-state index is 6.03. The minimum absolute atomic E-state index is 0.769. The Morgan fingerprint density at radius 3 is 1.05 bits per heavy atom. The molecule has 0 amide bonds. The van der Waals surface area contributed by atoms with E-state index in [0.29, 0.717) is 0 Å². The van der Waals surface area contributed by atoms with Crippen molar-refractivity contribution in [2.45, 2.75) is 0 Å². The van der Waals surface area contributed by atoms with Crippen LogP contribution in [0.3, 0.4) is 0 Å². The quantitative estimate of drug-likeness (QED) is 0.214. The standard InChI is InChI=1S/C36H26BN/c37-33-13-7-12-32(26-33)31-18-24-36(25-19-31)38(34-20-14-29(15-21-34)27-8-3-1-4-9-27)35-22-16-30(17-23-35)28-10-5-2-6-11-28/h1-26H. The van der Waals surface area contributed by atoms with Crippen LogP contribution in [0.4, 0.5) is 17.1 Å². The highest BCUT2D eigenvalue weighted by atomic mass is 15.1. The van der Waals surface area contributed by atoms with Crippen molar-refractivity contribution in [3.05, 3.63) is 158 Å². The van der Waals surface area contributed by atoms with Gasteiger partial charge in [0.1, 0.15) is 7.85 Å². The van der Waals surface area contributed by atoms with E-state index in [1.807, 2.05) is 30.3 Å². The fourth-order valence-corrected chi connectivity index (χ4v) is 4.84. The van der Waals surface area contributed by atoms with Crippen LogP contribution in [0.5, 0.6) is 0 Å². The van der Waals surface area contributed by atoms with Crippen LogP contribution in [0.15, 0.2) is 158 Å². The summed E-state index contributed by atoms with van der Waals surface area (Å²) < 4.78 is 0. The van der Waals surface area contributed by atoms with Gasteiger partial charge in [0.05, 0.1) is 0 Å². The lowest BCUT2D eigenvalue weighted by molar-refractivity contribution is 1.28. The number of anilines is 3. The lowest BCUT2D eigenvalue weighted by Gasteiger charge is -2.26. The molecule has 0 spiro atoms. The van der Waals surface area contributed by atoms with Crippen LogP contribution in [-0.2, 0) is 0 Å². The number of benzene rings is 6. The molecule has 178 valence electrons. The maximum Gasteiger partial charge on any atom is 0.113 e. The van der Waals surface area contributed by atoms with Gasteiger partial charge >= 0.3 is 0 Å². The van der Waals surface area contributed by atoms with Crippen LogP contribution in [-0.4, -0.2) is 7.85 Å². The number of rotatable bonds is 6. The lowest BCUT2D eigenvalue weighted by atomic mass is 9.92. The van der Waals surface area contributed by atoms with E-state index >= 15 is 0 Å². The first-order valence-corrected chi connectivity index (χ1v) is 12.8. The predicted octanol–water partition coefficient (Wildman–Crippen LogP) is 8.95. The number of hydrogen-bond donors (Lipinski definition) is 0. The smallest absolute Gasteiger partial charge is 0.113 e. The minimum atomic E-state index is 0.769. The average molecular weight is 483 g/mol. The van der Waals surface area contributed by atoms with E-state index in [0.717, 1.165) is 33.7 Å². The molecule has 0 fully saturated rings. The van der Waals surface area contributed by atoms with E-state index in [9.17, 15) is 0 Å². The van der Waals surface area contributed by atoms with Gasteiger partial charge in [-0.25, -0.2) is 0 Å². The van der Waals surface area contributed by atoms with E-state index in [2.05, 4.69) is 132 Å². The molecule has 0 heterocycles. The summed E-state index contributed by atoms with van der Waals surface area (Å²) in [4.78, 5) is 2.30. The molecular weight excluding hydrogens is 457 g/mol. The Labute approximate surface area is 226 Å². The SMILES string of the molecule is [B]c1cccc(-c2ccc(N(c3ccc(-c4ccccc4)cc3)c3ccc(-c4ccccc4)cc3)cc2)c1. The van der Waals surface area contributed by atoms with E-state index in [4.69, 9.17) is 7.85 Å². The highest BCUT2D eigenvalue weighted by Gasteiger charge is 2.13. The van der Waals surface area contributed by atoms with Crippen LogP contribution < -0.4 is 10.4 Å². The van der Waals surface area contributed by atoms with Gasteiger partial charge in [-0.1, -0.05) is 127 Å². The first-order chi connectivity index (χ1) is 18.7. The Morgan fingerprint density at radius 1 is 0.316 bits per heavy atom. The van der Waals surface area contributed by atoms with Gasteiger partial charge in [-0.15, -0.1) is 0 Å². The summed E-state index contributed by atoms with van der Waals surface area (Å²) in [5, 5.41) is 0. The highest BCUT2D eigenvalue weighted by molar-refractivity contribution is 6.32. The van der Waals surface area contributed by atoms with Crippen LogP contribution in [0.2, 0.25) is 0 Å². The van der Waals surface area contributed by atoms with Gasteiger partial charge in [-0.2, -0.15) is 0 Å². The molecule has 0 aliphatic rings. The zero-order chi connectivity index (χ0) is 25.7. The maximum absolute atomic E-state index is 6.03. The van der Waals surface area contributed by atoms with Gasteiger partial charge in [0.25, 0.3) is 0 Å². The molecule has 0 aromatic heterocycles. The van der Waals surface area contributed by atoms with Crippen molar-refractivity contribution in [1.82, 2.24) is 0 Å². The zero-order valence-corrected chi connectivity index (χ0v) is 21.0. The molecule has 2 heteroatoms. The normalized spacial score (nSPS) is 10.7. The summed E-state index contributed by atoms with van der Waals surface area (Å²) in [5.41, 5.74) is 11.2. The second-order valence-corrected chi connectivity index (χ2v) is 9.33. The van der Waals surface area contributed by atoms with Crippen LogP contribution >= 0.6 is 0 Å². The second kappa shape index (κ2) is 10.7.